The van der Waals surface area contributed by atoms with E-state index in [2.05, 4.69) is 4.98 Å². The molecule has 3 nitrogen and oxygen atoms in total. The third-order valence-corrected chi connectivity index (χ3v) is 2.88. The fourth-order valence-corrected chi connectivity index (χ4v) is 1.99. The molecule has 0 aliphatic rings. The van der Waals surface area contributed by atoms with Crippen molar-refractivity contribution in [1.82, 2.24) is 4.98 Å². The molecule has 0 amide bonds. The third-order valence-electron chi connectivity index (χ3n) is 1.86. The minimum atomic E-state index is -2.26. The van der Waals surface area contributed by atoms with Crippen LogP contribution in [0.3, 0.4) is 0 Å². The molecule has 0 bridgehead atoms. The van der Waals surface area contributed by atoms with Crippen molar-refractivity contribution >= 4 is 33.6 Å². The molecular weight excluding hydrogens is 245 g/mol. The van der Waals surface area contributed by atoms with Gasteiger partial charge in [0.1, 0.15) is 0 Å². The molecule has 6 heteroatoms. The van der Waals surface area contributed by atoms with Crippen molar-refractivity contribution in [2.45, 2.75) is 4.90 Å². The van der Waals surface area contributed by atoms with Crippen LogP contribution in [0, 0.1) is 0 Å². The second kappa shape index (κ2) is 5.39. The second-order valence-electron chi connectivity index (χ2n) is 2.68. The van der Waals surface area contributed by atoms with Crippen LogP contribution in [-0.4, -0.2) is 13.7 Å². The number of hydrogen-bond donors (Lipinski definition) is 0. The summed E-state index contributed by atoms with van der Waals surface area (Å²) in [6, 6.07) is 6.35. The van der Waals surface area contributed by atoms with Gasteiger partial charge in [0, 0.05) is 16.5 Å². The summed E-state index contributed by atoms with van der Waals surface area (Å²) in [6.07, 6.45) is 1.58. The van der Waals surface area contributed by atoms with Crippen LogP contribution in [0.5, 0.6) is 0 Å². The van der Waals surface area contributed by atoms with Crippen molar-refractivity contribution in [3.8, 4) is 0 Å². The average molecular weight is 250 g/mol. The number of hydrogen-bond acceptors (Lipinski definition) is 3. The van der Waals surface area contributed by atoms with Gasteiger partial charge >= 0.3 is 29.6 Å². The molecule has 0 spiro atoms. The van der Waals surface area contributed by atoms with Gasteiger partial charge in [0.25, 0.3) is 0 Å². The molecule has 0 radical (unpaired) electrons. The number of nitrogens with zero attached hydrogens (tertiary/aromatic N) is 1. The van der Waals surface area contributed by atoms with E-state index in [0.29, 0.717) is 15.9 Å². The first-order valence-electron chi connectivity index (χ1n) is 3.82. The molecule has 1 unspecified atom stereocenters. The van der Waals surface area contributed by atoms with E-state index in [1.807, 2.05) is 0 Å². The molecule has 2 rings (SSSR count). The van der Waals surface area contributed by atoms with Crippen molar-refractivity contribution in [1.29, 1.82) is 0 Å². The van der Waals surface area contributed by atoms with Crippen LogP contribution in [0.4, 0.5) is 0 Å². The molecule has 0 saturated heterocycles. The number of aromatic nitrogens is 1. The summed E-state index contributed by atoms with van der Waals surface area (Å²) in [5.41, 5.74) is 0.510. The summed E-state index contributed by atoms with van der Waals surface area (Å²) < 4.78 is 21.7. The Bertz CT molecular complexity index is 520. The van der Waals surface area contributed by atoms with Gasteiger partial charge in [0.05, 0.1) is 10.5 Å². The minimum absolute atomic E-state index is 0. The Labute approximate surface area is 116 Å². The topological polar surface area (TPSA) is 53.0 Å². The van der Waals surface area contributed by atoms with Gasteiger partial charge in [-0.3, -0.25) is 9.19 Å². The Balaban J connectivity index is 0.00000112. The summed E-state index contributed by atoms with van der Waals surface area (Å²) in [5.74, 6) is 0. The maximum atomic E-state index is 10.9. The normalized spacial score (nSPS) is 12.1. The number of benzene rings is 1. The molecule has 0 N–H and O–H groups in total. The maximum absolute atomic E-state index is 10.9. The first-order chi connectivity index (χ1) is 6.70. The van der Waals surface area contributed by atoms with Crippen molar-refractivity contribution in [2.24, 2.45) is 0 Å². The number of halogens is 1. The van der Waals surface area contributed by atoms with Crippen molar-refractivity contribution in [2.75, 3.05) is 0 Å². The van der Waals surface area contributed by atoms with Crippen LogP contribution in [0.15, 0.2) is 35.4 Å². The van der Waals surface area contributed by atoms with E-state index in [4.69, 9.17) is 11.6 Å². The van der Waals surface area contributed by atoms with Gasteiger partial charge in [-0.05, 0) is 29.3 Å². The maximum Gasteiger partial charge on any atom is 1.00 e. The van der Waals surface area contributed by atoms with Gasteiger partial charge in [0.2, 0.25) is 0 Å². The molecule has 0 aliphatic heterocycles. The fraction of sp³-hybridized carbons (Fsp3) is 0. The van der Waals surface area contributed by atoms with E-state index < -0.39 is 11.1 Å². The van der Waals surface area contributed by atoms with E-state index in [1.165, 1.54) is 12.1 Å². The summed E-state index contributed by atoms with van der Waals surface area (Å²) in [5, 5.41) is 1.00. The second-order valence-corrected chi connectivity index (χ2v) is 4.00. The van der Waals surface area contributed by atoms with E-state index in [1.54, 1.807) is 18.3 Å². The van der Waals surface area contributed by atoms with Crippen LogP contribution in [0.25, 0.3) is 10.9 Å². The van der Waals surface area contributed by atoms with Crippen LogP contribution in [-0.2, 0) is 11.1 Å². The molecule has 1 aromatic carbocycles. The van der Waals surface area contributed by atoms with Gasteiger partial charge in [-0.2, -0.15) is 0 Å². The molecule has 0 fully saturated rings. The van der Waals surface area contributed by atoms with Crippen molar-refractivity contribution in [3.63, 3.8) is 0 Å². The average Bonchev–Trinajstić information content (AvgIpc) is 2.18. The zero-order chi connectivity index (χ0) is 10.1. The van der Waals surface area contributed by atoms with Crippen LogP contribution in [0.1, 0.15) is 0 Å². The smallest absolute Gasteiger partial charge is 0.768 e. The Morgan fingerprint density at radius 1 is 1.33 bits per heavy atom. The first kappa shape index (κ1) is 13.1. The van der Waals surface area contributed by atoms with Gasteiger partial charge in [-0.25, -0.2) is 0 Å². The number of pyridine rings is 1. The van der Waals surface area contributed by atoms with Crippen molar-refractivity contribution < 1.29 is 38.3 Å². The van der Waals surface area contributed by atoms with E-state index in [-0.39, 0.29) is 34.5 Å². The van der Waals surface area contributed by atoms with Gasteiger partial charge in [-0.1, -0.05) is 17.7 Å². The SMILES string of the molecule is O=S([O-])c1ccc(Cl)c2ncccc12.[Na+]. The number of fused-ring (bicyclic) bond motifs is 1. The monoisotopic (exact) mass is 249 g/mol. The Kier molecular flexibility index (Phi) is 4.70. The van der Waals surface area contributed by atoms with Crippen LogP contribution in [0.2, 0.25) is 5.02 Å². The molecule has 1 heterocycles. The molecule has 0 aliphatic carbocycles. The molecule has 1 aromatic heterocycles. The van der Waals surface area contributed by atoms with Gasteiger partial charge < -0.3 is 4.55 Å². The Hall–Kier alpha value is 0.0300. The summed E-state index contributed by atoms with van der Waals surface area (Å²) in [4.78, 5) is 4.24. The predicted octanol–water partition coefficient (Wildman–Crippen LogP) is -0.870. The van der Waals surface area contributed by atoms with Crippen molar-refractivity contribution in [3.05, 3.63) is 35.5 Å². The Morgan fingerprint density at radius 2 is 2.07 bits per heavy atom. The summed E-state index contributed by atoms with van der Waals surface area (Å²) >= 11 is 3.61. The summed E-state index contributed by atoms with van der Waals surface area (Å²) in [6.45, 7) is 0. The van der Waals surface area contributed by atoms with Gasteiger partial charge in [0.15, 0.2) is 0 Å². The molecule has 0 saturated carbocycles. The number of rotatable bonds is 1. The fourth-order valence-electron chi connectivity index (χ4n) is 1.26. The molecule has 2 aromatic rings. The first-order valence-corrected chi connectivity index (χ1v) is 5.28. The standard InChI is InChI=1S/C9H6ClNO2S.Na/c10-7-3-4-8(14(12)13)6-2-1-5-11-9(6)7;/h1-5H,(H,12,13);/q;+1/p-1. The van der Waals surface area contributed by atoms with E-state index in [9.17, 15) is 8.76 Å². The zero-order valence-corrected chi connectivity index (χ0v) is 11.5. The summed E-state index contributed by atoms with van der Waals surface area (Å²) in [7, 11) is 0. The zero-order valence-electron chi connectivity index (χ0n) is 7.94. The molecule has 15 heavy (non-hydrogen) atoms. The minimum Gasteiger partial charge on any atom is -0.768 e. The Morgan fingerprint density at radius 3 is 2.73 bits per heavy atom. The molecular formula is C9H5ClNNaO2S. The quantitative estimate of drug-likeness (QED) is 0.488. The molecule has 72 valence electrons. The van der Waals surface area contributed by atoms with E-state index in [0.717, 1.165) is 0 Å². The third kappa shape index (κ3) is 2.58. The molecule has 1 atom stereocenters. The van der Waals surface area contributed by atoms with Gasteiger partial charge in [-0.15, -0.1) is 0 Å². The largest absolute Gasteiger partial charge is 1.00 e. The van der Waals surface area contributed by atoms with Crippen LogP contribution >= 0.6 is 11.6 Å². The van der Waals surface area contributed by atoms with Crippen LogP contribution < -0.4 is 29.6 Å². The van der Waals surface area contributed by atoms with E-state index >= 15 is 0 Å². The predicted molar refractivity (Wildman–Crippen MR) is 53.9 cm³/mol.